The molecule has 2 aromatic rings. The molecule has 0 aliphatic heterocycles. The molecule has 0 aliphatic carbocycles. The number of nitrogens with zero attached hydrogens (tertiary/aromatic N) is 1. The summed E-state index contributed by atoms with van der Waals surface area (Å²) < 4.78 is 6.80. The molecule has 4 nitrogen and oxygen atoms in total. The largest absolute Gasteiger partial charge is 0.496 e. The monoisotopic (exact) mass is 278 g/mol. The lowest BCUT2D eigenvalue weighted by molar-refractivity contribution is 0.410. The van der Waals surface area contributed by atoms with Gasteiger partial charge in [-0.1, -0.05) is 11.6 Å². The molecule has 1 aromatic heterocycles. The number of rotatable bonds is 4. The summed E-state index contributed by atoms with van der Waals surface area (Å²) in [5, 5.41) is 3.90. The molecule has 1 N–H and O–H groups in total. The third-order valence-corrected chi connectivity index (χ3v) is 3.05. The summed E-state index contributed by atoms with van der Waals surface area (Å²) in [5.41, 5.74) is 1.79. The number of hydrogen-bond acceptors (Lipinski definition) is 3. The van der Waals surface area contributed by atoms with E-state index in [2.05, 4.69) is 5.32 Å². The third kappa shape index (κ3) is 3.29. The van der Waals surface area contributed by atoms with E-state index in [9.17, 15) is 4.79 Å². The molecule has 0 spiro atoms. The normalized spacial score (nSPS) is 10.3. The number of pyridine rings is 1. The molecule has 2 rings (SSSR count). The van der Waals surface area contributed by atoms with E-state index in [-0.39, 0.29) is 5.56 Å². The van der Waals surface area contributed by atoms with Crippen molar-refractivity contribution in [2.75, 3.05) is 12.4 Å². The van der Waals surface area contributed by atoms with Crippen molar-refractivity contribution in [1.29, 1.82) is 0 Å². The van der Waals surface area contributed by atoms with E-state index in [1.807, 2.05) is 12.1 Å². The number of anilines is 1. The van der Waals surface area contributed by atoms with Crippen molar-refractivity contribution >= 4 is 17.3 Å². The first kappa shape index (κ1) is 13.5. The van der Waals surface area contributed by atoms with Gasteiger partial charge in [0.2, 0.25) is 5.56 Å². The van der Waals surface area contributed by atoms with Crippen molar-refractivity contribution in [1.82, 2.24) is 4.57 Å². The van der Waals surface area contributed by atoms with Gasteiger partial charge in [-0.25, -0.2) is 0 Å². The van der Waals surface area contributed by atoms with Crippen LogP contribution in [0.25, 0.3) is 0 Å². The predicted molar refractivity (Wildman–Crippen MR) is 77.0 cm³/mol. The van der Waals surface area contributed by atoms with Crippen LogP contribution >= 0.6 is 11.6 Å². The first-order valence-corrected chi connectivity index (χ1v) is 6.21. The van der Waals surface area contributed by atoms with E-state index < -0.39 is 0 Å². The van der Waals surface area contributed by atoms with Gasteiger partial charge in [-0.3, -0.25) is 4.79 Å². The zero-order valence-corrected chi connectivity index (χ0v) is 11.6. The fraction of sp³-hybridized carbons (Fsp3) is 0.214. The van der Waals surface area contributed by atoms with E-state index in [1.54, 1.807) is 32.5 Å². The molecule has 5 heteroatoms. The van der Waals surface area contributed by atoms with Crippen LogP contribution in [-0.4, -0.2) is 11.7 Å². The smallest absolute Gasteiger partial charge is 0.250 e. The van der Waals surface area contributed by atoms with Crippen LogP contribution in [0.15, 0.2) is 41.3 Å². The molecule has 1 heterocycles. The summed E-state index contributed by atoms with van der Waals surface area (Å²) in [6.45, 7) is 0.571. The van der Waals surface area contributed by atoms with Gasteiger partial charge >= 0.3 is 0 Å². The number of aromatic nitrogens is 1. The van der Waals surface area contributed by atoms with Gasteiger partial charge in [0.1, 0.15) is 5.75 Å². The van der Waals surface area contributed by atoms with Crippen molar-refractivity contribution in [3.63, 3.8) is 0 Å². The van der Waals surface area contributed by atoms with Gasteiger partial charge in [0, 0.05) is 36.4 Å². The van der Waals surface area contributed by atoms with Crippen molar-refractivity contribution in [3.8, 4) is 5.75 Å². The maximum absolute atomic E-state index is 11.3. The molecular weight excluding hydrogens is 264 g/mol. The Morgan fingerprint density at radius 1 is 1.32 bits per heavy atom. The number of methoxy groups -OCH3 is 1. The number of benzene rings is 1. The molecule has 100 valence electrons. The van der Waals surface area contributed by atoms with Crippen LogP contribution in [0.3, 0.4) is 0 Å². The van der Waals surface area contributed by atoms with Crippen molar-refractivity contribution in [3.05, 3.63) is 57.5 Å². The Kier molecular flexibility index (Phi) is 4.12. The zero-order valence-electron chi connectivity index (χ0n) is 10.8. The van der Waals surface area contributed by atoms with Gasteiger partial charge in [-0.05, 0) is 24.3 Å². The highest BCUT2D eigenvalue weighted by Gasteiger charge is 2.04. The molecule has 0 unspecified atom stereocenters. The van der Waals surface area contributed by atoms with Crippen LogP contribution in [0.4, 0.5) is 5.69 Å². The van der Waals surface area contributed by atoms with Crippen LogP contribution in [0, 0.1) is 0 Å². The van der Waals surface area contributed by atoms with Crippen molar-refractivity contribution in [2.45, 2.75) is 6.54 Å². The topological polar surface area (TPSA) is 43.3 Å². The maximum Gasteiger partial charge on any atom is 0.250 e. The fourth-order valence-corrected chi connectivity index (χ4v) is 1.98. The number of aryl methyl sites for hydroxylation is 1. The van der Waals surface area contributed by atoms with Crippen molar-refractivity contribution < 1.29 is 4.74 Å². The van der Waals surface area contributed by atoms with Crippen LogP contribution in [-0.2, 0) is 13.6 Å². The second-order valence-electron chi connectivity index (χ2n) is 4.18. The first-order chi connectivity index (χ1) is 9.10. The number of ether oxygens (including phenoxy) is 1. The SMILES string of the molecule is COc1ccc(Cl)cc1CNc1ccc(=O)n(C)c1. The molecule has 19 heavy (non-hydrogen) atoms. The molecule has 0 amide bonds. The lowest BCUT2D eigenvalue weighted by Gasteiger charge is -2.11. The van der Waals surface area contributed by atoms with Gasteiger partial charge in [-0.2, -0.15) is 0 Å². The Balaban J connectivity index is 2.16. The van der Waals surface area contributed by atoms with Crippen molar-refractivity contribution in [2.24, 2.45) is 7.05 Å². The average Bonchev–Trinajstić information content (AvgIpc) is 2.40. The molecule has 0 atom stereocenters. The summed E-state index contributed by atoms with van der Waals surface area (Å²) in [5.74, 6) is 0.779. The van der Waals surface area contributed by atoms with E-state index in [0.717, 1.165) is 17.0 Å². The minimum Gasteiger partial charge on any atom is -0.496 e. The van der Waals surface area contributed by atoms with E-state index >= 15 is 0 Å². The Bertz CT molecular complexity index is 638. The summed E-state index contributed by atoms with van der Waals surface area (Å²) >= 11 is 5.97. The van der Waals surface area contributed by atoms with Gasteiger partial charge in [0.15, 0.2) is 0 Å². The minimum atomic E-state index is -0.0362. The number of hydrogen-bond donors (Lipinski definition) is 1. The van der Waals surface area contributed by atoms with Gasteiger partial charge in [0.25, 0.3) is 0 Å². The summed E-state index contributed by atoms with van der Waals surface area (Å²) in [6, 6.07) is 8.75. The average molecular weight is 279 g/mol. The highest BCUT2D eigenvalue weighted by atomic mass is 35.5. The summed E-state index contributed by atoms with van der Waals surface area (Å²) in [6.07, 6.45) is 1.75. The standard InChI is InChI=1S/C14H15ClN2O2/c1-17-9-12(4-6-14(17)18)16-8-10-7-11(15)3-5-13(10)19-2/h3-7,9,16H,8H2,1-2H3. The minimum absolute atomic E-state index is 0.0362. The highest BCUT2D eigenvalue weighted by Crippen LogP contribution is 2.23. The molecule has 1 aromatic carbocycles. The second-order valence-corrected chi connectivity index (χ2v) is 4.61. The fourth-order valence-electron chi connectivity index (χ4n) is 1.78. The van der Waals surface area contributed by atoms with E-state index in [1.165, 1.54) is 10.6 Å². The van der Waals surface area contributed by atoms with Crippen LogP contribution in [0.2, 0.25) is 5.02 Å². The molecule has 0 fully saturated rings. The van der Waals surface area contributed by atoms with Gasteiger partial charge < -0.3 is 14.6 Å². The summed E-state index contributed by atoms with van der Waals surface area (Å²) in [7, 11) is 3.34. The second kappa shape index (κ2) is 5.80. The number of halogens is 1. The molecule has 0 bridgehead atoms. The van der Waals surface area contributed by atoms with E-state index in [4.69, 9.17) is 16.3 Å². The Hall–Kier alpha value is -1.94. The molecule has 0 saturated heterocycles. The molecule has 0 radical (unpaired) electrons. The third-order valence-electron chi connectivity index (χ3n) is 2.81. The van der Waals surface area contributed by atoms with Crippen LogP contribution in [0.5, 0.6) is 5.75 Å². The highest BCUT2D eigenvalue weighted by molar-refractivity contribution is 6.30. The zero-order chi connectivity index (χ0) is 13.8. The Labute approximate surface area is 116 Å². The quantitative estimate of drug-likeness (QED) is 0.935. The van der Waals surface area contributed by atoms with E-state index in [0.29, 0.717) is 11.6 Å². The predicted octanol–water partition coefficient (Wildman–Crippen LogP) is 2.66. The molecular formula is C14H15ClN2O2. The molecule has 0 aliphatic rings. The number of nitrogens with one attached hydrogen (secondary N) is 1. The lowest BCUT2D eigenvalue weighted by Crippen LogP contribution is -2.15. The Morgan fingerprint density at radius 3 is 2.79 bits per heavy atom. The van der Waals surface area contributed by atoms with Gasteiger partial charge in [-0.15, -0.1) is 0 Å². The summed E-state index contributed by atoms with van der Waals surface area (Å²) in [4.78, 5) is 11.3. The van der Waals surface area contributed by atoms with Crippen LogP contribution < -0.4 is 15.6 Å². The maximum atomic E-state index is 11.3. The Morgan fingerprint density at radius 2 is 2.11 bits per heavy atom. The van der Waals surface area contributed by atoms with Crippen LogP contribution in [0.1, 0.15) is 5.56 Å². The lowest BCUT2D eigenvalue weighted by atomic mass is 10.2. The molecule has 0 saturated carbocycles. The van der Waals surface area contributed by atoms with Gasteiger partial charge in [0.05, 0.1) is 12.8 Å². The first-order valence-electron chi connectivity index (χ1n) is 5.83.